The lowest BCUT2D eigenvalue weighted by molar-refractivity contribution is 0.0687. The summed E-state index contributed by atoms with van der Waals surface area (Å²) in [5.74, 6) is -1.20. The highest BCUT2D eigenvalue weighted by atomic mass is 16.6. The topological polar surface area (TPSA) is 93.8 Å². The van der Waals surface area contributed by atoms with Crippen LogP contribution in [0.5, 0.6) is 0 Å². The highest BCUT2D eigenvalue weighted by Gasteiger charge is 2.26. The molecule has 0 saturated heterocycles. The average molecular weight is 299 g/mol. The summed E-state index contributed by atoms with van der Waals surface area (Å²) < 4.78 is 0.997. The van der Waals surface area contributed by atoms with E-state index in [0.29, 0.717) is 12.1 Å². The summed E-state index contributed by atoms with van der Waals surface area (Å²) in [6.07, 6.45) is 0.129. The van der Waals surface area contributed by atoms with Crippen LogP contribution in [0.3, 0.4) is 0 Å². The van der Waals surface area contributed by atoms with Gasteiger partial charge in [-0.05, 0) is 11.6 Å². The summed E-state index contributed by atoms with van der Waals surface area (Å²) in [6.45, 7) is 0. The zero-order valence-corrected chi connectivity index (χ0v) is 11.8. The van der Waals surface area contributed by atoms with E-state index in [2.05, 4.69) is 10.3 Å². The number of rotatable bonds is 3. The van der Waals surface area contributed by atoms with E-state index in [9.17, 15) is 9.59 Å². The van der Waals surface area contributed by atoms with Crippen molar-refractivity contribution >= 4 is 11.7 Å². The molecular weight excluding hydrogens is 286 g/mol. The number of oxime groups is 1. The predicted molar refractivity (Wildman–Crippen MR) is 77.9 cm³/mol. The van der Waals surface area contributed by atoms with E-state index in [4.69, 9.17) is 9.94 Å². The molecule has 22 heavy (non-hydrogen) atoms. The number of hydrogen-bond donors (Lipinski definition) is 1. The van der Waals surface area contributed by atoms with Gasteiger partial charge in [0.1, 0.15) is 0 Å². The van der Waals surface area contributed by atoms with Gasteiger partial charge in [-0.3, -0.25) is 4.79 Å². The number of carboxylic acids is 1. The quantitative estimate of drug-likeness (QED) is 0.923. The molecule has 0 amide bonds. The lowest BCUT2D eigenvalue weighted by Crippen LogP contribution is -2.28. The molecule has 1 N–H and O–H groups in total. The van der Waals surface area contributed by atoms with Gasteiger partial charge in [-0.25, -0.2) is 9.48 Å². The molecule has 112 valence electrons. The number of hydrogen-bond acceptors (Lipinski definition) is 5. The Kier molecular flexibility index (Phi) is 3.46. The van der Waals surface area contributed by atoms with Gasteiger partial charge in [-0.1, -0.05) is 35.5 Å². The molecule has 0 spiro atoms. The van der Waals surface area contributed by atoms with Gasteiger partial charge >= 0.3 is 5.97 Å². The molecular formula is C15H13N3O4. The van der Waals surface area contributed by atoms with Gasteiger partial charge < -0.3 is 9.94 Å². The van der Waals surface area contributed by atoms with E-state index in [-0.39, 0.29) is 17.4 Å². The molecule has 7 heteroatoms. The lowest BCUT2D eigenvalue weighted by atomic mass is 10.0. The summed E-state index contributed by atoms with van der Waals surface area (Å²) in [4.78, 5) is 28.6. The maximum atomic E-state index is 12.1. The highest BCUT2D eigenvalue weighted by Crippen LogP contribution is 2.28. The zero-order chi connectivity index (χ0) is 15.7. The highest BCUT2D eigenvalue weighted by molar-refractivity contribution is 6.02. The van der Waals surface area contributed by atoms with Crippen LogP contribution in [0.4, 0.5) is 0 Å². The minimum Gasteiger partial charge on any atom is -0.476 e. The average Bonchev–Trinajstić information content (AvgIpc) is 3.00. The number of aryl methyl sites for hydroxylation is 1. The Morgan fingerprint density at radius 2 is 2.09 bits per heavy atom. The minimum absolute atomic E-state index is 0.202. The van der Waals surface area contributed by atoms with Crippen molar-refractivity contribution in [3.63, 3.8) is 0 Å². The van der Waals surface area contributed by atoms with Crippen LogP contribution in [0.2, 0.25) is 0 Å². The minimum atomic E-state index is -1.20. The molecule has 0 aliphatic carbocycles. The first-order valence-corrected chi connectivity index (χ1v) is 6.66. The number of carboxylic acid groups (broad SMARTS) is 1. The van der Waals surface area contributed by atoms with Gasteiger partial charge in [0.25, 0.3) is 5.56 Å². The standard InChI is InChI=1S/C15H13N3O4/c1-18-14(19)10(7-12(16-18)15(20)21)11-8-13(22-17-11)9-5-3-2-4-6-9/h2-7,13H,8H2,1H3,(H,20,21). The van der Waals surface area contributed by atoms with Gasteiger partial charge in [-0.15, -0.1) is 0 Å². The first-order chi connectivity index (χ1) is 10.6. The third-order valence-electron chi connectivity index (χ3n) is 3.43. The van der Waals surface area contributed by atoms with Crippen LogP contribution < -0.4 is 5.56 Å². The molecule has 3 rings (SSSR count). The van der Waals surface area contributed by atoms with E-state index in [1.165, 1.54) is 13.1 Å². The molecule has 0 fully saturated rings. The molecule has 0 saturated carbocycles. The summed E-state index contributed by atoms with van der Waals surface area (Å²) in [5.41, 5.74) is 0.974. The molecule has 1 aliphatic rings. The van der Waals surface area contributed by atoms with E-state index in [0.717, 1.165) is 10.2 Å². The van der Waals surface area contributed by atoms with E-state index >= 15 is 0 Å². The summed E-state index contributed by atoms with van der Waals surface area (Å²) in [5, 5.41) is 16.7. The second-order valence-electron chi connectivity index (χ2n) is 4.92. The fraction of sp³-hybridized carbons (Fsp3) is 0.200. The van der Waals surface area contributed by atoms with E-state index in [1.54, 1.807) is 0 Å². The van der Waals surface area contributed by atoms with Crippen LogP contribution >= 0.6 is 0 Å². The fourth-order valence-electron chi connectivity index (χ4n) is 2.30. The lowest BCUT2D eigenvalue weighted by Gasteiger charge is -2.07. The number of carbonyl (C=O) groups is 1. The maximum Gasteiger partial charge on any atom is 0.356 e. The van der Waals surface area contributed by atoms with Gasteiger partial charge in [0, 0.05) is 13.5 Å². The van der Waals surface area contributed by atoms with Crippen LogP contribution in [0.15, 0.2) is 46.3 Å². The third-order valence-corrected chi connectivity index (χ3v) is 3.43. The number of nitrogens with zero attached hydrogens (tertiary/aromatic N) is 3. The van der Waals surface area contributed by atoms with Crippen LogP contribution in [-0.2, 0) is 11.9 Å². The van der Waals surface area contributed by atoms with Crippen LogP contribution in [0, 0.1) is 0 Å². The number of aromatic nitrogens is 2. The maximum absolute atomic E-state index is 12.1. The SMILES string of the molecule is Cn1nc(C(=O)O)cc(C2=NOC(c3ccccc3)C2)c1=O. The molecule has 1 aromatic heterocycles. The van der Waals surface area contributed by atoms with Crippen molar-refractivity contribution in [2.45, 2.75) is 12.5 Å². The van der Waals surface area contributed by atoms with Crippen LogP contribution in [0.1, 0.15) is 34.1 Å². The van der Waals surface area contributed by atoms with Crippen molar-refractivity contribution in [1.82, 2.24) is 9.78 Å². The van der Waals surface area contributed by atoms with Crippen LogP contribution in [-0.4, -0.2) is 26.6 Å². The van der Waals surface area contributed by atoms with Gasteiger partial charge in [0.05, 0.1) is 11.3 Å². The van der Waals surface area contributed by atoms with E-state index in [1.807, 2.05) is 30.3 Å². The monoisotopic (exact) mass is 299 g/mol. The van der Waals surface area contributed by atoms with E-state index < -0.39 is 11.5 Å². The molecule has 0 bridgehead atoms. The molecule has 1 aromatic carbocycles. The van der Waals surface area contributed by atoms with Crippen molar-refractivity contribution < 1.29 is 14.7 Å². The predicted octanol–water partition coefficient (Wildman–Crippen LogP) is 1.34. The molecule has 1 atom stereocenters. The van der Waals surface area contributed by atoms with Crippen molar-refractivity contribution in [3.8, 4) is 0 Å². The van der Waals surface area contributed by atoms with Crippen LogP contribution in [0.25, 0.3) is 0 Å². The zero-order valence-electron chi connectivity index (χ0n) is 11.8. The molecule has 0 radical (unpaired) electrons. The summed E-state index contributed by atoms with van der Waals surface area (Å²) in [6, 6.07) is 10.8. The van der Waals surface area contributed by atoms with Crippen molar-refractivity contribution in [2.75, 3.05) is 0 Å². The third kappa shape index (κ3) is 2.48. The number of benzene rings is 1. The second kappa shape index (κ2) is 5.44. The largest absolute Gasteiger partial charge is 0.476 e. The Bertz CT molecular complexity index is 811. The van der Waals surface area contributed by atoms with Gasteiger partial charge in [-0.2, -0.15) is 5.10 Å². The summed E-state index contributed by atoms with van der Waals surface area (Å²) >= 11 is 0. The Labute approximate surface area is 125 Å². The Balaban J connectivity index is 1.93. The first kappa shape index (κ1) is 14.0. The first-order valence-electron chi connectivity index (χ1n) is 6.66. The number of aromatic carboxylic acids is 1. The molecule has 1 unspecified atom stereocenters. The second-order valence-corrected chi connectivity index (χ2v) is 4.92. The van der Waals surface area contributed by atoms with Crippen molar-refractivity contribution in [2.24, 2.45) is 12.2 Å². The fourth-order valence-corrected chi connectivity index (χ4v) is 2.30. The van der Waals surface area contributed by atoms with Gasteiger partial charge in [0.2, 0.25) is 0 Å². The normalized spacial score (nSPS) is 17.0. The molecule has 7 nitrogen and oxygen atoms in total. The Morgan fingerprint density at radius 3 is 2.77 bits per heavy atom. The smallest absolute Gasteiger partial charge is 0.356 e. The Hall–Kier alpha value is -2.96. The van der Waals surface area contributed by atoms with Crippen molar-refractivity contribution in [1.29, 1.82) is 0 Å². The Morgan fingerprint density at radius 1 is 1.36 bits per heavy atom. The van der Waals surface area contributed by atoms with Crippen molar-refractivity contribution in [3.05, 3.63) is 63.6 Å². The molecule has 2 aromatic rings. The van der Waals surface area contributed by atoms with Gasteiger partial charge in [0.15, 0.2) is 11.8 Å². The molecule has 1 aliphatic heterocycles. The summed E-state index contributed by atoms with van der Waals surface area (Å²) in [7, 11) is 1.41. The molecule has 2 heterocycles.